The second kappa shape index (κ2) is 4.23. The van der Waals surface area contributed by atoms with Crippen molar-refractivity contribution in [2.75, 3.05) is 24.5 Å². The fraction of sp³-hybridized carbons (Fsp3) is 0.353. The van der Waals surface area contributed by atoms with Crippen LogP contribution in [0.5, 0.6) is 0 Å². The lowest BCUT2D eigenvalue weighted by Crippen LogP contribution is -2.38. The van der Waals surface area contributed by atoms with Crippen molar-refractivity contribution in [1.29, 1.82) is 0 Å². The summed E-state index contributed by atoms with van der Waals surface area (Å²) in [6.07, 6.45) is 6.71. The molecule has 0 bridgehead atoms. The number of para-hydroxylation sites is 1. The van der Waals surface area contributed by atoms with Gasteiger partial charge in [0.25, 0.3) is 0 Å². The molecule has 4 rings (SSSR count). The van der Waals surface area contributed by atoms with Gasteiger partial charge in [0.05, 0.1) is 0 Å². The predicted octanol–water partition coefficient (Wildman–Crippen LogP) is 2.44. The molecule has 20 heavy (non-hydrogen) atoms. The lowest BCUT2D eigenvalue weighted by Gasteiger charge is -2.35. The molecule has 3 nitrogen and oxygen atoms in total. The van der Waals surface area contributed by atoms with Crippen molar-refractivity contribution in [3.05, 3.63) is 47.6 Å². The van der Waals surface area contributed by atoms with Gasteiger partial charge in [-0.15, -0.1) is 0 Å². The molecular weight excluding hydrogens is 248 g/mol. The number of rotatable bonds is 0. The Balaban J connectivity index is 1.85. The monoisotopic (exact) mass is 266 g/mol. The summed E-state index contributed by atoms with van der Waals surface area (Å²) in [5.74, 6) is 0.684. The number of hydrogen-bond acceptors (Lipinski definition) is 2. The molecule has 0 saturated carbocycles. The molecule has 0 saturated heterocycles. The summed E-state index contributed by atoms with van der Waals surface area (Å²) in [5.41, 5.74) is 5.42. The zero-order valence-electron chi connectivity index (χ0n) is 11.7. The number of amides is 1. The second-order valence-electron chi connectivity index (χ2n) is 5.81. The van der Waals surface area contributed by atoms with Crippen LogP contribution < -0.4 is 4.90 Å². The van der Waals surface area contributed by atoms with Crippen molar-refractivity contribution in [3.8, 4) is 0 Å². The van der Waals surface area contributed by atoms with Gasteiger partial charge in [-0.1, -0.05) is 36.4 Å². The lowest BCUT2D eigenvalue weighted by atomic mass is 9.87. The van der Waals surface area contributed by atoms with Gasteiger partial charge in [-0.25, -0.2) is 0 Å². The Morgan fingerprint density at radius 3 is 3.05 bits per heavy atom. The molecule has 0 radical (unpaired) electrons. The number of carbonyl (C=O) groups excluding carboxylic acids is 1. The fourth-order valence-corrected chi connectivity index (χ4v) is 3.62. The minimum Gasteiger partial charge on any atom is -0.368 e. The van der Waals surface area contributed by atoms with E-state index in [1.807, 2.05) is 4.90 Å². The summed E-state index contributed by atoms with van der Waals surface area (Å²) in [4.78, 5) is 16.2. The highest BCUT2D eigenvalue weighted by Gasteiger charge is 2.32. The summed E-state index contributed by atoms with van der Waals surface area (Å²) in [7, 11) is 0. The van der Waals surface area contributed by atoms with E-state index in [0.717, 1.165) is 26.2 Å². The molecule has 0 fully saturated rings. The van der Waals surface area contributed by atoms with E-state index in [-0.39, 0.29) is 5.91 Å². The summed E-state index contributed by atoms with van der Waals surface area (Å²) in [5, 5.41) is 0. The van der Waals surface area contributed by atoms with E-state index in [1.54, 1.807) is 6.92 Å². The Morgan fingerprint density at radius 1 is 1.30 bits per heavy atom. The van der Waals surface area contributed by atoms with Gasteiger partial charge in [-0.3, -0.25) is 4.79 Å². The Hall–Kier alpha value is -2.03. The van der Waals surface area contributed by atoms with Crippen LogP contribution in [0.25, 0.3) is 5.57 Å². The molecule has 1 aliphatic carbocycles. The zero-order chi connectivity index (χ0) is 13.7. The number of benzene rings is 1. The van der Waals surface area contributed by atoms with Crippen LogP contribution in [0.3, 0.4) is 0 Å². The van der Waals surface area contributed by atoms with Crippen molar-refractivity contribution in [3.63, 3.8) is 0 Å². The number of nitrogens with zero attached hydrogens (tertiary/aromatic N) is 2. The van der Waals surface area contributed by atoms with Crippen LogP contribution in [0.1, 0.15) is 18.1 Å². The largest absolute Gasteiger partial charge is 0.368 e. The molecule has 2 aliphatic heterocycles. The Morgan fingerprint density at radius 2 is 2.20 bits per heavy atom. The zero-order valence-corrected chi connectivity index (χ0v) is 11.7. The summed E-state index contributed by atoms with van der Waals surface area (Å²) < 4.78 is 0. The molecule has 3 heteroatoms. The van der Waals surface area contributed by atoms with Crippen LogP contribution in [0.4, 0.5) is 5.69 Å². The summed E-state index contributed by atoms with van der Waals surface area (Å²) in [6.45, 7) is 5.19. The minimum atomic E-state index is 0.168. The van der Waals surface area contributed by atoms with E-state index in [1.165, 1.54) is 22.4 Å². The van der Waals surface area contributed by atoms with Crippen LogP contribution in [-0.2, 0) is 11.3 Å². The topological polar surface area (TPSA) is 23.6 Å². The minimum absolute atomic E-state index is 0.168. The van der Waals surface area contributed by atoms with Crippen molar-refractivity contribution in [2.45, 2.75) is 13.5 Å². The molecular formula is C17H18N2O. The first kappa shape index (κ1) is 11.8. The molecule has 0 aromatic heterocycles. The van der Waals surface area contributed by atoms with E-state index in [2.05, 4.69) is 41.3 Å². The maximum absolute atomic E-state index is 11.7. The van der Waals surface area contributed by atoms with Crippen LogP contribution in [0.2, 0.25) is 0 Å². The summed E-state index contributed by atoms with van der Waals surface area (Å²) >= 11 is 0. The maximum atomic E-state index is 11.7. The fourth-order valence-electron chi connectivity index (χ4n) is 3.62. The number of fused-ring (bicyclic) bond motifs is 2. The third-order valence-electron chi connectivity index (χ3n) is 4.63. The van der Waals surface area contributed by atoms with Gasteiger partial charge in [-0.2, -0.15) is 0 Å². The van der Waals surface area contributed by atoms with Crippen LogP contribution >= 0.6 is 0 Å². The van der Waals surface area contributed by atoms with E-state index >= 15 is 0 Å². The van der Waals surface area contributed by atoms with E-state index in [4.69, 9.17) is 0 Å². The first-order valence-electron chi connectivity index (χ1n) is 7.25. The van der Waals surface area contributed by atoms with Gasteiger partial charge in [-0.05, 0) is 11.1 Å². The number of carbonyl (C=O) groups is 1. The molecule has 1 atom stereocenters. The Bertz CT molecular complexity index is 644. The van der Waals surface area contributed by atoms with Crippen LogP contribution in [0.15, 0.2) is 36.4 Å². The molecule has 2 heterocycles. The smallest absolute Gasteiger partial charge is 0.219 e. The third-order valence-corrected chi connectivity index (χ3v) is 4.63. The van der Waals surface area contributed by atoms with Crippen LogP contribution in [-0.4, -0.2) is 30.4 Å². The quantitative estimate of drug-likeness (QED) is 0.720. The Kier molecular flexibility index (Phi) is 2.49. The van der Waals surface area contributed by atoms with Gasteiger partial charge in [0.2, 0.25) is 5.91 Å². The van der Waals surface area contributed by atoms with Crippen molar-refractivity contribution in [2.24, 2.45) is 5.92 Å². The summed E-state index contributed by atoms with van der Waals surface area (Å²) in [6, 6.07) is 6.51. The van der Waals surface area contributed by atoms with Crippen molar-refractivity contribution >= 4 is 17.2 Å². The molecule has 1 aromatic rings. The molecule has 102 valence electrons. The number of anilines is 1. The lowest BCUT2D eigenvalue weighted by molar-refractivity contribution is -0.129. The van der Waals surface area contributed by atoms with E-state index in [9.17, 15) is 4.79 Å². The second-order valence-corrected chi connectivity index (χ2v) is 5.81. The van der Waals surface area contributed by atoms with Gasteiger partial charge in [0.15, 0.2) is 0 Å². The van der Waals surface area contributed by atoms with Gasteiger partial charge >= 0.3 is 0 Å². The third kappa shape index (κ3) is 1.62. The van der Waals surface area contributed by atoms with E-state index < -0.39 is 0 Å². The highest BCUT2D eigenvalue weighted by molar-refractivity contribution is 5.86. The molecule has 0 N–H and O–H groups in total. The number of allylic oxidation sites excluding steroid dienone is 2. The molecule has 1 aromatic carbocycles. The normalized spacial score (nSPS) is 23.1. The van der Waals surface area contributed by atoms with Crippen LogP contribution in [0, 0.1) is 5.92 Å². The molecule has 1 amide bonds. The highest BCUT2D eigenvalue weighted by atomic mass is 16.2. The van der Waals surface area contributed by atoms with Gasteiger partial charge < -0.3 is 9.80 Å². The SMILES string of the molecule is CC(=O)N1CCN2CC3C=CC=C3c3cccc(c32)C1. The average Bonchev–Trinajstić information content (AvgIpc) is 2.82. The molecule has 0 spiro atoms. The standard InChI is InChI=1S/C17H18N2O/c1-12(20)18-8-9-19-10-13-4-2-6-15(13)16-7-3-5-14(11-18)17(16)19/h2-7,13H,8-11H2,1H3. The number of hydrogen-bond donors (Lipinski definition) is 0. The van der Waals surface area contributed by atoms with Crippen molar-refractivity contribution in [1.82, 2.24) is 4.90 Å². The van der Waals surface area contributed by atoms with Gasteiger partial charge in [0.1, 0.15) is 0 Å². The highest BCUT2D eigenvalue weighted by Crippen LogP contribution is 2.43. The molecule has 1 unspecified atom stereocenters. The maximum Gasteiger partial charge on any atom is 0.219 e. The Labute approximate surface area is 119 Å². The first-order chi connectivity index (χ1) is 9.74. The average molecular weight is 266 g/mol. The molecule has 3 aliphatic rings. The first-order valence-corrected chi connectivity index (χ1v) is 7.25. The van der Waals surface area contributed by atoms with Gasteiger partial charge in [0, 0.05) is 50.3 Å². The predicted molar refractivity (Wildman–Crippen MR) is 80.4 cm³/mol. The van der Waals surface area contributed by atoms with E-state index in [0.29, 0.717) is 5.92 Å². The van der Waals surface area contributed by atoms with Crippen molar-refractivity contribution < 1.29 is 4.79 Å².